The normalized spacial score (nSPS) is 14.5. The Morgan fingerprint density at radius 1 is 1.11 bits per heavy atom. The Balaban J connectivity index is 1.40. The van der Waals surface area contributed by atoms with E-state index in [0.717, 1.165) is 41.6 Å². The van der Waals surface area contributed by atoms with E-state index < -0.39 is 23.6 Å². The van der Waals surface area contributed by atoms with Gasteiger partial charge in [0.1, 0.15) is 18.9 Å². The average molecular weight is 684 g/mol. The minimum Gasteiger partial charge on any atom is -0.488 e. The maximum atomic E-state index is 12.8. The van der Waals surface area contributed by atoms with Crippen molar-refractivity contribution in [2.75, 3.05) is 11.9 Å². The summed E-state index contributed by atoms with van der Waals surface area (Å²) in [5.41, 5.74) is 2.20. The van der Waals surface area contributed by atoms with E-state index in [4.69, 9.17) is 16.3 Å². The van der Waals surface area contributed by atoms with Crippen LogP contribution in [-0.2, 0) is 16.2 Å². The Labute approximate surface area is 233 Å². The molecule has 0 atom stereocenters. The summed E-state index contributed by atoms with van der Waals surface area (Å²) in [6.45, 7) is 0.0331. The molecule has 1 aliphatic heterocycles. The second-order valence-corrected chi connectivity index (χ2v) is 10.9. The molecule has 6 nitrogen and oxygen atoms in total. The monoisotopic (exact) mass is 682 g/mol. The minimum absolute atomic E-state index is 0.250. The van der Waals surface area contributed by atoms with Crippen LogP contribution < -0.4 is 10.1 Å². The number of para-hydroxylation sites is 1. The highest BCUT2D eigenvalue weighted by Gasteiger charge is 2.36. The summed E-state index contributed by atoms with van der Waals surface area (Å²) in [5, 5.41) is 2.49. The summed E-state index contributed by atoms with van der Waals surface area (Å²) in [6, 6.07) is 20.1. The van der Waals surface area contributed by atoms with E-state index in [9.17, 15) is 14.4 Å². The maximum Gasteiger partial charge on any atom is 0.294 e. The van der Waals surface area contributed by atoms with Crippen LogP contribution in [0.1, 0.15) is 11.1 Å². The van der Waals surface area contributed by atoms with Gasteiger partial charge in [0.15, 0.2) is 0 Å². The lowest BCUT2D eigenvalue weighted by molar-refractivity contribution is -0.127. The molecule has 4 rings (SSSR count). The Morgan fingerprint density at radius 3 is 2.57 bits per heavy atom. The van der Waals surface area contributed by atoms with E-state index in [2.05, 4.69) is 43.8 Å². The molecule has 1 fully saturated rings. The van der Waals surface area contributed by atoms with Gasteiger partial charge in [0.05, 0.1) is 19.2 Å². The van der Waals surface area contributed by atoms with Gasteiger partial charge in [-0.25, -0.2) is 0 Å². The third-order valence-corrected chi connectivity index (χ3v) is 7.49. The van der Waals surface area contributed by atoms with Gasteiger partial charge < -0.3 is 10.1 Å². The third-order valence-electron chi connectivity index (χ3n) is 4.88. The van der Waals surface area contributed by atoms with Gasteiger partial charge >= 0.3 is 0 Å². The topological polar surface area (TPSA) is 75.7 Å². The molecular weight excluding hydrogens is 667 g/mol. The highest BCUT2D eigenvalue weighted by molar-refractivity contribution is 14.1. The zero-order valence-corrected chi connectivity index (χ0v) is 23.3. The molecule has 0 saturated carbocycles. The van der Waals surface area contributed by atoms with Gasteiger partial charge in [-0.2, -0.15) is 0 Å². The predicted molar refractivity (Wildman–Crippen MR) is 150 cm³/mol. The number of amides is 3. The Kier molecular flexibility index (Phi) is 8.53. The van der Waals surface area contributed by atoms with Crippen LogP contribution in [-0.4, -0.2) is 28.5 Å². The van der Waals surface area contributed by atoms with Gasteiger partial charge in [0.25, 0.3) is 11.1 Å². The number of nitrogens with zero attached hydrogens (tertiary/aromatic N) is 1. The number of hydrogen-bond donors (Lipinski definition) is 1. The fourth-order valence-corrected chi connectivity index (χ4v) is 5.13. The lowest BCUT2D eigenvalue weighted by Crippen LogP contribution is -2.36. The predicted octanol–water partition coefficient (Wildman–Crippen LogP) is 6.96. The van der Waals surface area contributed by atoms with Crippen molar-refractivity contribution in [1.82, 2.24) is 4.90 Å². The number of imide groups is 1. The molecule has 178 valence electrons. The van der Waals surface area contributed by atoms with Crippen LogP contribution in [0.25, 0.3) is 6.08 Å². The second kappa shape index (κ2) is 11.6. The second-order valence-electron chi connectivity index (χ2n) is 7.40. The molecule has 10 heteroatoms. The maximum absolute atomic E-state index is 12.8. The van der Waals surface area contributed by atoms with Gasteiger partial charge in [0.2, 0.25) is 5.91 Å². The molecule has 1 saturated heterocycles. The zero-order valence-electron chi connectivity index (χ0n) is 18.0. The molecular formula is C25H17BrClIN2O4S. The van der Waals surface area contributed by atoms with Gasteiger partial charge in [0, 0.05) is 4.47 Å². The SMILES string of the molecule is O=C(CN1C(=O)S/C(=C/c2ccc(OCc3ccc(Br)cc3)c(I)c2)C1=O)Nc1ccccc1Cl. The van der Waals surface area contributed by atoms with Gasteiger partial charge in [-0.05, 0) is 88.0 Å². The largest absolute Gasteiger partial charge is 0.488 e. The van der Waals surface area contributed by atoms with Crippen molar-refractivity contribution >= 4 is 90.7 Å². The number of rotatable bonds is 7. The average Bonchev–Trinajstić information content (AvgIpc) is 3.08. The van der Waals surface area contributed by atoms with E-state index in [0.29, 0.717) is 17.3 Å². The van der Waals surface area contributed by atoms with Crippen LogP contribution in [0.15, 0.2) is 76.1 Å². The first kappa shape index (κ1) is 25.7. The van der Waals surface area contributed by atoms with E-state index >= 15 is 0 Å². The molecule has 0 spiro atoms. The molecule has 0 radical (unpaired) electrons. The summed E-state index contributed by atoms with van der Waals surface area (Å²) in [6.07, 6.45) is 1.64. The fraction of sp³-hybridized carbons (Fsp3) is 0.0800. The number of halogens is 3. The summed E-state index contributed by atoms with van der Waals surface area (Å²) < 4.78 is 7.78. The summed E-state index contributed by atoms with van der Waals surface area (Å²) >= 11 is 12.4. The number of thioether (sulfide) groups is 1. The summed E-state index contributed by atoms with van der Waals surface area (Å²) in [4.78, 5) is 38.7. The molecule has 3 amide bonds. The number of benzene rings is 3. The molecule has 3 aromatic rings. The Morgan fingerprint density at radius 2 is 1.86 bits per heavy atom. The van der Waals surface area contributed by atoms with Gasteiger partial charge in [-0.3, -0.25) is 19.3 Å². The van der Waals surface area contributed by atoms with Crippen LogP contribution in [0.4, 0.5) is 10.5 Å². The van der Waals surface area contributed by atoms with Crippen molar-refractivity contribution in [2.45, 2.75) is 6.61 Å². The van der Waals surface area contributed by atoms with Gasteiger partial charge in [-0.1, -0.05) is 57.9 Å². The molecule has 1 N–H and O–H groups in total. The minimum atomic E-state index is -0.514. The van der Waals surface area contributed by atoms with Crippen molar-refractivity contribution in [1.29, 1.82) is 0 Å². The molecule has 3 aromatic carbocycles. The van der Waals surface area contributed by atoms with Gasteiger partial charge in [-0.15, -0.1) is 0 Å². The van der Waals surface area contributed by atoms with Crippen molar-refractivity contribution in [3.63, 3.8) is 0 Å². The number of carbonyl (C=O) groups excluding carboxylic acids is 3. The molecule has 0 aliphatic carbocycles. The van der Waals surface area contributed by atoms with E-state index in [-0.39, 0.29) is 4.91 Å². The van der Waals surface area contributed by atoms with Crippen molar-refractivity contribution in [3.05, 3.63) is 95.8 Å². The van der Waals surface area contributed by atoms with Crippen LogP contribution in [0.3, 0.4) is 0 Å². The number of nitrogens with one attached hydrogen (secondary N) is 1. The molecule has 1 heterocycles. The van der Waals surface area contributed by atoms with Crippen LogP contribution in [0.5, 0.6) is 5.75 Å². The van der Waals surface area contributed by atoms with Crippen molar-refractivity contribution in [2.24, 2.45) is 0 Å². The summed E-state index contributed by atoms with van der Waals surface area (Å²) in [7, 11) is 0. The lowest BCUT2D eigenvalue weighted by Gasteiger charge is -2.13. The number of ether oxygens (including phenoxy) is 1. The van der Waals surface area contributed by atoms with E-state index in [1.807, 2.05) is 42.5 Å². The molecule has 0 aromatic heterocycles. The zero-order chi connectivity index (χ0) is 24.9. The quantitative estimate of drug-likeness (QED) is 0.215. The highest BCUT2D eigenvalue weighted by Crippen LogP contribution is 2.33. The number of anilines is 1. The lowest BCUT2D eigenvalue weighted by atomic mass is 10.2. The first-order chi connectivity index (χ1) is 16.8. The Hall–Kier alpha value is -2.34. The van der Waals surface area contributed by atoms with Crippen molar-refractivity contribution < 1.29 is 19.1 Å². The van der Waals surface area contributed by atoms with Crippen LogP contribution in [0.2, 0.25) is 5.02 Å². The van der Waals surface area contributed by atoms with Crippen LogP contribution in [0, 0.1) is 3.57 Å². The van der Waals surface area contributed by atoms with Crippen molar-refractivity contribution in [3.8, 4) is 5.75 Å². The highest BCUT2D eigenvalue weighted by atomic mass is 127. The summed E-state index contributed by atoms with van der Waals surface area (Å²) in [5.74, 6) is -0.307. The smallest absolute Gasteiger partial charge is 0.294 e. The molecule has 35 heavy (non-hydrogen) atoms. The van der Waals surface area contributed by atoms with E-state index in [1.165, 1.54) is 0 Å². The number of carbonyl (C=O) groups is 3. The third kappa shape index (κ3) is 6.66. The first-order valence-electron chi connectivity index (χ1n) is 10.3. The number of hydrogen-bond acceptors (Lipinski definition) is 5. The molecule has 0 unspecified atom stereocenters. The first-order valence-corrected chi connectivity index (χ1v) is 13.3. The molecule has 1 aliphatic rings. The van der Waals surface area contributed by atoms with Crippen LogP contribution >= 0.6 is 61.9 Å². The standard InChI is InChI=1S/C25H17BrClIN2O4S/c26-17-8-5-15(6-9-17)14-34-21-10-7-16(11-19(21)28)12-22-24(32)30(25(33)35-22)13-23(31)29-20-4-2-1-3-18(20)27/h1-12H,13-14H2,(H,29,31)/b22-12+. The fourth-order valence-electron chi connectivity index (χ4n) is 3.15. The Bertz CT molecular complexity index is 1330. The van der Waals surface area contributed by atoms with E-state index in [1.54, 1.807) is 30.3 Å². The molecule has 0 bridgehead atoms.